The van der Waals surface area contributed by atoms with E-state index in [9.17, 15) is 18.3 Å². The number of hydrogen-bond donors (Lipinski definition) is 2. The molecular weight excluding hydrogens is 479 g/mol. The van der Waals surface area contributed by atoms with Gasteiger partial charge in [0.2, 0.25) is 0 Å². The van der Waals surface area contributed by atoms with Crippen LogP contribution < -0.4 is 15.2 Å². The molecule has 2 aromatic carbocycles. The second-order valence-corrected chi connectivity index (χ2v) is 8.97. The lowest BCUT2D eigenvalue weighted by molar-refractivity contribution is -0.138. The van der Waals surface area contributed by atoms with Gasteiger partial charge < -0.3 is 20.3 Å². The fraction of sp³-hybridized carbons (Fsp3) is 0.364. The van der Waals surface area contributed by atoms with Crippen LogP contribution in [0.1, 0.15) is 30.3 Å². The number of nitrogens with zero attached hydrogens (tertiary/aromatic N) is 2. The highest BCUT2D eigenvalue weighted by Gasteiger charge is 2.35. The molecule has 11 heteroatoms. The van der Waals surface area contributed by atoms with Gasteiger partial charge in [-0.3, -0.25) is 0 Å². The first-order valence-corrected chi connectivity index (χ1v) is 11.3. The Morgan fingerprint density at radius 1 is 1.06 bits per heavy atom. The van der Waals surface area contributed by atoms with Crippen molar-refractivity contribution < 1.29 is 27.8 Å². The summed E-state index contributed by atoms with van der Waals surface area (Å²) in [6.07, 6.45) is -3.50. The van der Waals surface area contributed by atoms with Gasteiger partial charge in [-0.05, 0) is 56.2 Å². The minimum atomic E-state index is -4.61. The van der Waals surface area contributed by atoms with Crippen molar-refractivity contribution in [2.45, 2.75) is 31.5 Å². The number of nitrogens with two attached hydrogens (primary N) is 1. The Hall–Kier alpha value is -2.40. The van der Waals surface area contributed by atoms with Crippen molar-refractivity contribution in [3.63, 3.8) is 0 Å². The largest absolute Gasteiger partial charge is 0.494 e. The van der Waals surface area contributed by atoms with Crippen LogP contribution in [0.5, 0.6) is 11.5 Å². The Balaban J connectivity index is 1.62. The van der Waals surface area contributed by atoms with Crippen LogP contribution >= 0.6 is 22.9 Å². The highest BCUT2D eigenvalue weighted by molar-refractivity contribution is 7.14. The third-order valence-electron chi connectivity index (χ3n) is 4.63. The average molecular weight is 502 g/mol. The standard InChI is InChI=1S/C22H23ClF3N3O3S/c1-21(27,13-30)20-29-28-19(33-20)14-7-8-18(17(11-14)22(24,25)26)32-10-3-2-9-31-16-6-4-5-15(23)12-16/h4-8,11-12,30H,2-3,9-10,13,27H2,1H3. The molecule has 1 aromatic heterocycles. The molecule has 0 fully saturated rings. The molecule has 1 unspecified atom stereocenters. The van der Waals surface area contributed by atoms with Gasteiger partial charge in [-0.25, -0.2) is 0 Å². The summed E-state index contributed by atoms with van der Waals surface area (Å²) in [4.78, 5) is 0. The highest BCUT2D eigenvalue weighted by atomic mass is 35.5. The maximum Gasteiger partial charge on any atom is 0.419 e. The van der Waals surface area contributed by atoms with Crippen LogP contribution in [0.2, 0.25) is 5.02 Å². The molecule has 0 saturated carbocycles. The molecule has 3 rings (SSSR count). The summed E-state index contributed by atoms with van der Waals surface area (Å²) in [5.74, 6) is 0.373. The summed E-state index contributed by atoms with van der Waals surface area (Å²) < 4.78 is 51.9. The molecule has 3 aromatic rings. The molecule has 6 nitrogen and oxygen atoms in total. The molecular formula is C22H23ClF3N3O3S. The van der Waals surface area contributed by atoms with Crippen molar-refractivity contribution >= 4 is 22.9 Å². The van der Waals surface area contributed by atoms with Crippen molar-refractivity contribution in [1.29, 1.82) is 0 Å². The summed E-state index contributed by atoms with van der Waals surface area (Å²) in [5.41, 5.74) is 4.14. The van der Waals surface area contributed by atoms with E-state index < -0.39 is 17.3 Å². The van der Waals surface area contributed by atoms with Gasteiger partial charge in [-0.1, -0.05) is 29.0 Å². The summed E-state index contributed by atoms with van der Waals surface area (Å²) in [5, 5.41) is 18.3. The fourth-order valence-electron chi connectivity index (χ4n) is 2.78. The normalized spacial score (nSPS) is 13.5. The molecule has 0 amide bonds. The molecule has 0 aliphatic heterocycles. The van der Waals surface area contributed by atoms with Gasteiger partial charge in [0.05, 0.1) is 30.9 Å². The Morgan fingerprint density at radius 3 is 2.45 bits per heavy atom. The third-order valence-corrected chi connectivity index (χ3v) is 6.12. The van der Waals surface area contributed by atoms with Gasteiger partial charge in [-0.2, -0.15) is 13.2 Å². The van der Waals surface area contributed by atoms with E-state index in [1.807, 2.05) is 0 Å². The van der Waals surface area contributed by atoms with E-state index in [2.05, 4.69) is 10.2 Å². The van der Waals surface area contributed by atoms with Gasteiger partial charge in [0, 0.05) is 10.6 Å². The van der Waals surface area contributed by atoms with Crippen molar-refractivity contribution in [1.82, 2.24) is 10.2 Å². The minimum absolute atomic E-state index is 0.103. The maximum atomic E-state index is 13.6. The zero-order valence-corrected chi connectivity index (χ0v) is 19.3. The SMILES string of the molecule is CC(N)(CO)c1nnc(-c2ccc(OCCCCOc3cccc(Cl)c3)c(C(F)(F)F)c2)s1. The van der Waals surface area contributed by atoms with Crippen molar-refractivity contribution in [3.8, 4) is 22.1 Å². The smallest absolute Gasteiger partial charge is 0.419 e. The molecule has 0 aliphatic carbocycles. The second kappa shape index (κ2) is 10.7. The van der Waals surface area contributed by atoms with E-state index in [1.54, 1.807) is 31.2 Å². The lowest BCUT2D eigenvalue weighted by Crippen LogP contribution is -2.36. The number of alkyl halides is 3. The summed E-state index contributed by atoms with van der Waals surface area (Å²) >= 11 is 6.92. The molecule has 0 bridgehead atoms. The van der Waals surface area contributed by atoms with Gasteiger partial charge in [-0.15, -0.1) is 10.2 Å². The second-order valence-electron chi connectivity index (χ2n) is 7.56. The fourth-order valence-corrected chi connectivity index (χ4v) is 3.85. The number of aromatic nitrogens is 2. The van der Waals surface area contributed by atoms with Crippen molar-refractivity contribution in [2.24, 2.45) is 5.73 Å². The van der Waals surface area contributed by atoms with E-state index >= 15 is 0 Å². The number of rotatable bonds is 10. The number of aliphatic hydroxyl groups excluding tert-OH is 1. The third kappa shape index (κ3) is 6.80. The molecule has 1 heterocycles. The lowest BCUT2D eigenvalue weighted by atomic mass is 10.1. The van der Waals surface area contributed by atoms with Crippen LogP contribution in [0, 0.1) is 0 Å². The van der Waals surface area contributed by atoms with Crippen LogP contribution in [-0.2, 0) is 11.7 Å². The predicted octanol–water partition coefficient (Wildman–Crippen LogP) is 5.28. The topological polar surface area (TPSA) is 90.5 Å². The van der Waals surface area contributed by atoms with Crippen LogP contribution in [0.4, 0.5) is 13.2 Å². The number of ether oxygens (including phenoxy) is 2. The minimum Gasteiger partial charge on any atom is -0.494 e. The van der Waals surface area contributed by atoms with Crippen LogP contribution in [0.25, 0.3) is 10.6 Å². The quantitative estimate of drug-likeness (QED) is 0.367. The number of benzene rings is 2. The lowest BCUT2D eigenvalue weighted by Gasteiger charge is -2.17. The number of hydrogen-bond acceptors (Lipinski definition) is 7. The predicted molar refractivity (Wildman–Crippen MR) is 121 cm³/mol. The number of unbranched alkanes of at least 4 members (excludes halogenated alkanes) is 1. The highest BCUT2D eigenvalue weighted by Crippen LogP contribution is 2.39. The summed E-state index contributed by atoms with van der Waals surface area (Å²) in [6.45, 7) is 1.69. The van der Waals surface area contributed by atoms with Crippen LogP contribution in [-0.4, -0.2) is 35.1 Å². The molecule has 33 heavy (non-hydrogen) atoms. The van der Waals surface area contributed by atoms with Crippen LogP contribution in [0.3, 0.4) is 0 Å². The monoisotopic (exact) mass is 501 g/mol. The van der Waals surface area contributed by atoms with E-state index in [0.29, 0.717) is 35.2 Å². The Labute approximate surface area is 198 Å². The Morgan fingerprint density at radius 2 is 1.79 bits per heavy atom. The Kier molecular flexibility index (Phi) is 8.17. The molecule has 3 N–H and O–H groups in total. The molecule has 1 atom stereocenters. The first-order valence-electron chi connectivity index (χ1n) is 10.1. The van der Waals surface area contributed by atoms with E-state index in [1.165, 1.54) is 12.1 Å². The van der Waals surface area contributed by atoms with Crippen molar-refractivity contribution in [2.75, 3.05) is 19.8 Å². The zero-order valence-electron chi connectivity index (χ0n) is 17.7. The first-order chi connectivity index (χ1) is 15.6. The van der Waals surface area contributed by atoms with Gasteiger partial charge >= 0.3 is 6.18 Å². The average Bonchev–Trinajstić information content (AvgIpc) is 3.27. The molecule has 0 radical (unpaired) electrons. The van der Waals surface area contributed by atoms with Gasteiger partial charge in [0.25, 0.3) is 0 Å². The molecule has 0 aliphatic rings. The van der Waals surface area contributed by atoms with E-state index in [-0.39, 0.29) is 29.5 Å². The summed E-state index contributed by atoms with van der Waals surface area (Å²) in [6, 6.07) is 10.7. The summed E-state index contributed by atoms with van der Waals surface area (Å²) in [7, 11) is 0. The number of aliphatic hydroxyl groups is 1. The van der Waals surface area contributed by atoms with Gasteiger partial charge in [0.15, 0.2) is 0 Å². The molecule has 0 saturated heterocycles. The van der Waals surface area contributed by atoms with E-state index in [0.717, 1.165) is 17.4 Å². The zero-order chi connectivity index (χ0) is 24.1. The molecule has 0 spiro atoms. The number of halogens is 4. The Bertz CT molecular complexity index is 1080. The van der Waals surface area contributed by atoms with E-state index in [4.69, 9.17) is 26.8 Å². The molecule has 178 valence electrons. The maximum absolute atomic E-state index is 13.6. The van der Waals surface area contributed by atoms with Crippen LogP contribution in [0.15, 0.2) is 42.5 Å². The van der Waals surface area contributed by atoms with Gasteiger partial charge in [0.1, 0.15) is 21.5 Å². The first kappa shape index (κ1) is 25.2. The van der Waals surface area contributed by atoms with Crippen molar-refractivity contribution in [3.05, 3.63) is 58.1 Å².